The molecule has 1 aromatic carbocycles. The van der Waals surface area contributed by atoms with Crippen LogP contribution in [0.5, 0.6) is 0 Å². The molecule has 0 bridgehead atoms. The van der Waals surface area contributed by atoms with E-state index in [9.17, 15) is 4.79 Å². The lowest BCUT2D eigenvalue weighted by atomic mass is 10.1. The van der Waals surface area contributed by atoms with Gasteiger partial charge in [0.15, 0.2) is 0 Å². The minimum Gasteiger partial charge on any atom is -0.378 e. The number of benzene rings is 1. The third kappa shape index (κ3) is 3.51. The van der Waals surface area contributed by atoms with Gasteiger partial charge in [-0.1, -0.05) is 12.1 Å². The van der Waals surface area contributed by atoms with Crippen LogP contribution in [0.2, 0.25) is 0 Å². The lowest BCUT2D eigenvalue weighted by Gasteiger charge is -2.12. The minimum atomic E-state index is 0.0112. The highest BCUT2D eigenvalue weighted by Crippen LogP contribution is 2.24. The number of thiazole rings is 1. The Hall–Kier alpha value is -2.40. The molecular weight excluding hydrogens is 306 g/mol. The van der Waals surface area contributed by atoms with Gasteiger partial charge < -0.3 is 9.47 Å². The number of hydrogen-bond acceptors (Lipinski definition) is 4. The Kier molecular flexibility index (Phi) is 4.30. The fourth-order valence-electron chi connectivity index (χ4n) is 2.33. The number of aryl methyl sites for hydroxylation is 1. The van der Waals surface area contributed by atoms with Crippen LogP contribution in [-0.2, 0) is 6.54 Å². The van der Waals surface area contributed by atoms with Crippen molar-refractivity contribution in [1.82, 2.24) is 9.55 Å². The van der Waals surface area contributed by atoms with Gasteiger partial charge in [-0.3, -0.25) is 4.79 Å². The van der Waals surface area contributed by atoms with Crippen LogP contribution in [0.4, 0.5) is 5.69 Å². The van der Waals surface area contributed by atoms with Crippen LogP contribution >= 0.6 is 11.3 Å². The zero-order chi connectivity index (χ0) is 16.4. The van der Waals surface area contributed by atoms with Crippen molar-refractivity contribution in [1.29, 1.82) is 0 Å². The summed E-state index contributed by atoms with van der Waals surface area (Å²) in [6.07, 6.45) is 1.82. The molecule has 118 valence electrons. The van der Waals surface area contributed by atoms with Gasteiger partial charge in [0, 0.05) is 43.0 Å². The molecule has 23 heavy (non-hydrogen) atoms. The largest absolute Gasteiger partial charge is 0.378 e. The van der Waals surface area contributed by atoms with E-state index in [4.69, 9.17) is 0 Å². The van der Waals surface area contributed by atoms with Crippen molar-refractivity contribution in [3.8, 4) is 11.3 Å². The monoisotopic (exact) mass is 325 g/mol. The Bertz CT molecular complexity index is 862. The molecule has 0 aliphatic heterocycles. The third-order valence-electron chi connectivity index (χ3n) is 3.69. The summed E-state index contributed by atoms with van der Waals surface area (Å²) in [7, 11) is 4.05. The maximum absolute atomic E-state index is 12.0. The van der Waals surface area contributed by atoms with Crippen LogP contribution in [-0.4, -0.2) is 23.6 Å². The van der Waals surface area contributed by atoms with Crippen LogP contribution in [0.15, 0.2) is 52.8 Å². The summed E-state index contributed by atoms with van der Waals surface area (Å²) < 4.78 is 1.69. The maximum atomic E-state index is 12.0. The summed E-state index contributed by atoms with van der Waals surface area (Å²) in [4.78, 5) is 18.7. The van der Waals surface area contributed by atoms with Crippen molar-refractivity contribution in [2.24, 2.45) is 0 Å². The van der Waals surface area contributed by atoms with E-state index in [0.717, 1.165) is 27.5 Å². The highest BCUT2D eigenvalue weighted by molar-refractivity contribution is 7.09. The molecule has 3 rings (SSSR count). The summed E-state index contributed by atoms with van der Waals surface area (Å²) in [6, 6.07) is 11.9. The van der Waals surface area contributed by atoms with E-state index in [-0.39, 0.29) is 5.56 Å². The normalized spacial score (nSPS) is 10.7. The second kappa shape index (κ2) is 6.38. The fourth-order valence-corrected chi connectivity index (χ4v) is 3.13. The van der Waals surface area contributed by atoms with Crippen LogP contribution in [0.3, 0.4) is 0 Å². The highest BCUT2D eigenvalue weighted by atomic mass is 32.1. The van der Waals surface area contributed by atoms with Crippen LogP contribution < -0.4 is 10.5 Å². The average Bonchev–Trinajstić information content (AvgIpc) is 2.99. The summed E-state index contributed by atoms with van der Waals surface area (Å²) in [6.45, 7) is 2.43. The molecule has 0 saturated heterocycles. The molecule has 0 radical (unpaired) electrons. The van der Waals surface area contributed by atoms with Gasteiger partial charge in [0.05, 0.1) is 12.2 Å². The first-order chi connectivity index (χ1) is 11.0. The van der Waals surface area contributed by atoms with Crippen molar-refractivity contribution in [3.05, 3.63) is 68.9 Å². The number of aromatic nitrogens is 2. The van der Waals surface area contributed by atoms with E-state index in [1.54, 1.807) is 22.0 Å². The van der Waals surface area contributed by atoms with Gasteiger partial charge in [0.1, 0.15) is 5.01 Å². The van der Waals surface area contributed by atoms with Gasteiger partial charge in [0.2, 0.25) is 0 Å². The molecule has 0 aliphatic rings. The molecule has 0 saturated carbocycles. The molecule has 0 atom stereocenters. The first-order valence-electron chi connectivity index (χ1n) is 7.42. The van der Waals surface area contributed by atoms with Gasteiger partial charge in [-0.05, 0) is 30.7 Å². The van der Waals surface area contributed by atoms with E-state index >= 15 is 0 Å². The molecule has 0 N–H and O–H groups in total. The van der Waals surface area contributed by atoms with Gasteiger partial charge >= 0.3 is 0 Å². The SMILES string of the molecule is Cc1ccn(Cc2nc(-c3ccc(N(C)C)cc3)cs2)c(=O)c1. The Morgan fingerprint density at radius 1 is 1.17 bits per heavy atom. The maximum Gasteiger partial charge on any atom is 0.251 e. The second-order valence-electron chi connectivity index (χ2n) is 5.74. The lowest BCUT2D eigenvalue weighted by molar-refractivity contribution is 0.752. The number of pyridine rings is 1. The smallest absolute Gasteiger partial charge is 0.251 e. The van der Waals surface area contributed by atoms with Gasteiger partial charge in [0.25, 0.3) is 5.56 Å². The summed E-state index contributed by atoms with van der Waals surface area (Å²) in [5.41, 5.74) is 4.20. The van der Waals surface area contributed by atoms with Gasteiger partial charge in [-0.15, -0.1) is 11.3 Å². The third-order valence-corrected chi connectivity index (χ3v) is 4.52. The average molecular weight is 325 g/mol. The van der Waals surface area contributed by atoms with Crippen molar-refractivity contribution in [3.63, 3.8) is 0 Å². The Balaban J connectivity index is 1.81. The molecule has 0 aliphatic carbocycles. The predicted octanol–water partition coefficient (Wildman–Crippen LogP) is 3.39. The molecule has 4 nitrogen and oxygen atoms in total. The zero-order valence-electron chi connectivity index (χ0n) is 13.5. The molecule has 2 heterocycles. The Morgan fingerprint density at radius 2 is 1.91 bits per heavy atom. The molecule has 0 spiro atoms. The highest BCUT2D eigenvalue weighted by Gasteiger charge is 2.07. The van der Waals surface area contributed by atoms with Crippen molar-refractivity contribution < 1.29 is 0 Å². The molecule has 3 aromatic rings. The quantitative estimate of drug-likeness (QED) is 0.738. The second-order valence-corrected chi connectivity index (χ2v) is 6.68. The summed E-state index contributed by atoms with van der Waals surface area (Å²) >= 11 is 1.58. The lowest BCUT2D eigenvalue weighted by Crippen LogP contribution is -2.19. The van der Waals surface area contributed by atoms with Crippen molar-refractivity contribution in [2.45, 2.75) is 13.5 Å². The number of nitrogens with zero attached hydrogens (tertiary/aromatic N) is 3. The van der Waals surface area contributed by atoms with E-state index in [0.29, 0.717) is 6.54 Å². The standard InChI is InChI=1S/C18H19N3OS/c1-13-8-9-21(18(22)10-13)11-17-19-16(12-23-17)14-4-6-15(7-5-14)20(2)3/h4-10,12H,11H2,1-3H3. The van der Waals surface area contributed by atoms with Crippen LogP contribution in [0.1, 0.15) is 10.6 Å². The zero-order valence-corrected chi connectivity index (χ0v) is 14.3. The number of rotatable bonds is 4. The van der Waals surface area contributed by atoms with Crippen LogP contribution in [0, 0.1) is 6.92 Å². The van der Waals surface area contributed by atoms with E-state index < -0.39 is 0 Å². The number of anilines is 1. The molecule has 0 unspecified atom stereocenters. The fraction of sp³-hybridized carbons (Fsp3) is 0.222. The predicted molar refractivity (Wildman–Crippen MR) is 96.4 cm³/mol. The molecule has 5 heteroatoms. The number of hydrogen-bond donors (Lipinski definition) is 0. The van der Waals surface area contributed by atoms with Gasteiger partial charge in [-0.25, -0.2) is 4.98 Å². The molecular formula is C18H19N3OS. The molecule has 0 fully saturated rings. The molecule has 0 amide bonds. The summed E-state index contributed by atoms with van der Waals surface area (Å²) in [5, 5.41) is 2.97. The van der Waals surface area contributed by atoms with Gasteiger partial charge in [-0.2, -0.15) is 0 Å². The van der Waals surface area contributed by atoms with Crippen LogP contribution in [0.25, 0.3) is 11.3 Å². The van der Waals surface area contributed by atoms with E-state index in [1.807, 2.05) is 38.7 Å². The Labute approximate surface area is 139 Å². The Morgan fingerprint density at radius 3 is 2.57 bits per heavy atom. The first-order valence-corrected chi connectivity index (χ1v) is 8.30. The topological polar surface area (TPSA) is 38.1 Å². The van der Waals surface area contributed by atoms with Crippen molar-refractivity contribution in [2.75, 3.05) is 19.0 Å². The van der Waals surface area contributed by atoms with E-state index in [1.165, 1.54) is 0 Å². The first kappa shape index (κ1) is 15.5. The molecule has 2 aromatic heterocycles. The minimum absolute atomic E-state index is 0.0112. The van der Waals surface area contributed by atoms with Crippen molar-refractivity contribution >= 4 is 17.0 Å². The van der Waals surface area contributed by atoms with E-state index in [2.05, 4.69) is 34.1 Å². The summed E-state index contributed by atoms with van der Waals surface area (Å²) in [5.74, 6) is 0.